The lowest BCUT2D eigenvalue weighted by molar-refractivity contribution is -0.125. The van der Waals surface area contributed by atoms with Gasteiger partial charge in [0.1, 0.15) is 11.5 Å². The van der Waals surface area contributed by atoms with Crippen LogP contribution < -0.4 is 9.47 Å². The van der Waals surface area contributed by atoms with Crippen molar-refractivity contribution in [2.75, 3.05) is 21.3 Å². The van der Waals surface area contributed by atoms with Gasteiger partial charge in [0.2, 0.25) is 5.91 Å². The summed E-state index contributed by atoms with van der Waals surface area (Å²) < 4.78 is 10.2. The quantitative estimate of drug-likeness (QED) is 0.768. The Balaban J connectivity index is 1.94. The predicted octanol–water partition coefficient (Wildman–Crippen LogP) is 3.38. The van der Waals surface area contributed by atoms with Crippen LogP contribution in [0.2, 0.25) is 0 Å². The van der Waals surface area contributed by atoms with Crippen molar-refractivity contribution in [2.24, 2.45) is 0 Å². The number of nitrogens with zero attached hydrogens (tertiary/aromatic N) is 1. The van der Waals surface area contributed by atoms with Crippen molar-refractivity contribution in [1.82, 2.24) is 4.90 Å². The van der Waals surface area contributed by atoms with E-state index in [1.54, 1.807) is 38.3 Å². The molecule has 0 saturated heterocycles. The number of carbonyl (C=O) groups excluding carboxylic acids is 1. The largest absolute Gasteiger partial charge is 0.497 e. The van der Waals surface area contributed by atoms with E-state index < -0.39 is 0 Å². The molecule has 2 aromatic carbocycles. The first-order chi connectivity index (χ1) is 11.1. The van der Waals surface area contributed by atoms with Crippen molar-refractivity contribution < 1.29 is 14.3 Å². The van der Waals surface area contributed by atoms with Crippen LogP contribution in [0.1, 0.15) is 11.1 Å². The van der Waals surface area contributed by atoms with Crippen molar-refractivity contribution in [3.05, 3.63) is 65.7 Å². The maximum absolute atomic E-state index is 12.2. The topological polar surface area (TPSA) is 38.8 Å². The Morgan fingerprint density at radius 2 is 1.48 bits per heavy atom. The third-order valence-electron chi connectivity index (χ3n) is 3.49. The molecule has 0 aliphatic carbocycles. The van der Waals surface area contributed by atoms with Crippen LogP contribution in [-0.2, 0) is 11.3 Å². The van der Waals surface area contributed by atoms with E-state index in [9.17, 15) is 4.79 Å². The zero-order valence-electron chi connectivity index (χ0n) is 13.7. The van der Waals surface area contributed by atoms with Crippen LogP contribution in [-0.4, -0.2) is 32.1 Å². The molecule has 4 nitrogen and oxygen atoms in total. The van der Waals surface area contributed by atoms with Crippen LogP contribution in [0.3, 0.4) is 0 Å². The second-order valence-corrected chi connectivity index (χ2v) is 5.15. The van der Waals surface area contributed by atoms with Crippen molar-refractivity contribution in [3.8, 4) is 11.5 Å². The molecule has 0 aliphatic rings. The van der Waals surface area contributed by atoms with E-state index in [1.807, 2.05) is 48.5 Å². The van der Waals surface area contributed by atoms with Gasteiger partial charge >= 0.3 is 0 Å². The molecule has 0 heterocycles. The van der Waals surface area contributed by atoms with Crippen molar-refractivity contribution in [1.29, 1.82) is 0 Å². The normalized spacial score (nSPS) is 10.6. The molecule has 0 radical (unpaired) electrons. The lowest BCUT2D eigenvalue weighted by Crippen LogP contribution is -2.24. The molecule has 1 amide bonds. The van der Waals surface area contributed by atoms with Gasteiger partial charge in [0.15, 0.2) is 0 Å². The van der Waals surface area contributed by atoms with Gasteiger partial charge in [0.05, 0.1) is 14.2 Å². The highest BCUT2D eigenvalue weighted by atomic mass is 16.5. The van der Waals surface area contributed by atoms with Gasteiger partial charge in [-0.25, -0.2) is 0 Å². The molecular weight excluding hydrogens is 290 g/mol. The lowest BCUT2D eigenvalue weighted by Gasteiger charge is -2.15. The molecular formula is C19H21NO3. The molecule has 0 aliphatic heterocycles. The van der Waals surface area contributed by atoms with Gasteiger partial charge < -0.3 is 14.4 Å². The Bertz CT molecular complexity index is 660. The van der Waals surface area contributed by atoms with Crippen molar-refractivity contribution >= 4 is 12.0 Å². The molecule has 120 valence electrons. The fourth-order valence-electron chi connectivity index (χ4n) is 2.09. The molecule has 0 N–H and O–H groups in total. The van der Waals surface area contributed by atoms with E-state index in [0.29, 0.717) is 6.54 Å². The first-order valence-corrected chi connectivity index (χ1v) is 7.32. The summed E-state index contributed by atoms with van der Waals surface area (Å²) in [6, 6.07) is 15.2. The number of hydrogen-bond donors (Lipinski definition) is 0. The summed E-state index contributed by atoms with van der Waals surface area (Å²) in [4.78, 5) is 13.8. The monoisotopic (exact) mass is 311 g/mol. The third kappa shape index (κ3) is 4.88. The van der Waals surface area contributed by atoms with Crippen LogP contribution in [0.15, 0.2) is 54.6 Å². The minimum Gasteiger partial charge on any atom is -0.497 e. The molecule has 0 saturated carbocycles. The van der Waals surface area contributed by atoms with Gasteiger partial charge in [-0.05, 0) is 41.5 Å². The van der Waals surface area contributed by atoms with E-state index in [0.717, 1.165) is 22.6 Å². The van der Waals surface area contributed by atoms with Crippen LogP contribution in [0.4, 0.5) is 0 Å². The van der Waals surface area contributed by atoms with Gasteiger partial charge in [-0.1, -0.05) is 24.3 Å². The van der Waals surface area contributed by atoms with Crippen LogP contribution >= 0.6 is 0 Å². The molecule has 0 aromatic heterocycles. The first-order valence-electron chi connectivity index (χ1n) is 7.32. The van der Waals surface area contributed by atoms with Crippen molar-refractivity contribution in [2.45, 2.75) is 6.54 Å². The average Bonchev–Trinajstić information content (AvgIpc) is 2.60. The smallest absolute Gasteiger partial charge is 0.246 e. The summed E-state index contributed by atoms with van der Waals surface area (Å²) in [7, 11) is 5.04. The first kappa shape index (κ1) is 16.6. The Morgan fingerprint density at radius 1 is 0.957 bits per heavy atom. The lowest BCUT2D eigenvalue weighted by atomic mass is 10.2. The van der Waals surface area contributed by atoms with Gasteiger partial charge in [-0.15, -0.1) is 0 Å². The number of carbonyl (C=O) groups is 1. The Labute approximate surface area is 137 Å². The fourth-order valence-corrected chi connectivity index (χ4v) is 2.09. The molecule has 0 bridgehead atoms. The fraction of sp³-hybridized carbons (Fsp3) is 0.211. The summed E-state index contributed by atoms with van der Waals surface area (Å²) in [6.07, 6.45) is 3.37. The average molecular weight is 311 g/mol. The zero-order valence-corrected chi connectivity index (χ0v) is 13.7. The van der Waals surface area contributed by atoms with E-state index >= 15 is 0 Å². The zero-order chi connectivity index (χ0) is 16.7. The highest BCUT2D eigenvalue weighted by molar-refractivity contribution is 5.91. The summed E-state index contributed by atoms with van der Waals surface area (Å²) >= 11 is 0. The van der Waals surface area contributed by atoms with Crippen LogP contribution in [0.5, 0.6) is 11.5 Å². The maximum atomic E-state index is 12.2. The second kappa shape index (κ2) is 8.03. The van der Waals surface area contributed by atoms with Gasteiger partial charge in [0, 0.05) is 19.7 Å². The Kier molecular flexibility index (Phi) is 5.80. The molecule has 2 rings (SSSR count). The maximum Gasteiger partial charge on any atom is 0.246 e. The molecule has 0 spiro atoms. The summed E-state index contributed by atoms with van der Waals surface area (Å²) in [5, 5.41) is 0. The number of amides is 1. The second-order valence-electron chi connectivity index (χ2n) is 5.15. The minimum absolute atomic E-state index is 0.0448. The highest BCUT2D eigenvalue weighted by Crippen LogP contribution is 2.14. The molecule has 23 heavy (non-hydrogen) atoms. The third-order valence-corrected chi connectivity index (χ3v) is 3.49. The van der Waals surface area contributed by atoms with E-state index in [-0.39, 0.29) is 5.91 Å². The predicted molar refractivity (Wildman–Crippen MR) is 91.5 cm³/mol. The van der Waals surface area contributed by atoms with Crippen molar-refractivity contribution in [3.63, 3.8) is 0 Å². The number of ether oxygens (including phenoxy) is 2. The van der Waals surface area contributed by atoms with Crippen LogP contribution in [0, 0.1) is 0 Å². The molecule has 0 unspecified atom stereocenters. The molecule has 4 heteroatoms. The summed E-state index contributed by atoms with van der Waals surface area (Å²) in [5.74, 6) is 1.56. The summed E-state index contributed by atoms with van der Waals surface area (Å²) in [5.41, 5.74) is 2.01. The van der Waals surface area contributed by atoms with Gasteiger partial charge in [-0.2, -0.15) is 0 Å². The molecule has 2 aromatic rings. The highest BCUT2D eigenvalue weighted by Gasteiger charge is 2.06. The molecule has 0 atom stereocenters. The standard InChI is InChI=1S/C19H21NO3/c1-20(14-16-6-11-18(23-3)12-7-16)19(21)13-8-15-4-9-17(22-2)10-5-15/h4-13H,14H2,1-3H3/b13-8+. The molecule has 0 fully saturated rings. The van der Waals surface area contributed by atoms with Gasteiger partial charge in [0.25, 0.3) is 0 Å². The van der Waals surface area contributed by atoms with Crippen LogP contribution in [0.25, 0.3) is 6.08 Å². The van der Waals surface area contributed by atoms with E-state index in [2.05, 4.69) is 0 Å². The Morgan fingerprint density at radius 3 is 2.00 bits per heavy atom. The number of rotatable bonds is 6. The number of benzene rings is 2. The number of methoxy groups -OCH3 is 2. The van der Waals surface area contributed by atoms with E-state index in [4.69, 9.17) is 9.47 Å². The Hall–Kier alpha value is -2.75. The number of likely N-dealkylation sites (N-methyl/N-ethyl adjacent to an activating group) is 1. The minimum atomic E-state index is -0.0448. The SMILES string of the molecule is COc1ccc(/C=C/C(=O)N(C)Cc2ccc(OC)cc2)cc1. The summed E-state index contributed by atoms with van der Waals surface area (Å²) in [6.45, 7) is 0.551. The van der Waals surface area contributed by atoms with E-state index in [1.165, 1.54) is 0 Å². The van der Waals surface area contributed by atoms with Gasteiger partial charge in [-0.3, -0.25) is 4.79 Å². The number of hydrogen-bond acceptors (Lipinski definition) is 3.